The lowest BCUT2D eigenvalue weighted by Crippen LogP contribution is -2.53. The molecule has 196 valence electrons. The van der Waals surface area contributed by atoms with Gasteiger partial charge in [0.25, 0.3) is 16.8 Å². The Hall–Kier alpha value is -4.12. The zero-order valence-electron chi connectivity index (χ0n) is 20.8. The molecule has 1 aliphatic heterocycles. The molecule has 0 radical (unpaired) electrons. The Kier molecular flexibility index (Phi) is 7.63. The molecule has 2 heterocycles. The molecule has 0 bridgehead atoms. The molecule has 1 aromatic heterocycles. The van der Waals surface area contributed by atoms with Gasteiger partial charge in [0, 0.05) is 6.54 Å². The van der Waals surface area contributed by atoms with Crippen LogP contribution in [0.4, 0.5) is 17.1 Å². The van der Waals surface area contributed by atoms with Crippen LogP contribution in [0.25, 0.3) is 0 Å². The van der Waals surface area contributed by atoms with Crippen LogP contribution in [0.3, 0.4) is 0 Å². The first-order valence-corrected chi connectivity index (χ1v) is 12.1. The smallest absolute Gasteiger partial charge is 0.331 e. The molecule has 2 atom stereocenters. The highest BCUT2D eigenvalue weighted by Gasteiger charge is 2.36. The number of amides is 1. The number of benzene rings is 1. The molecule has 2 aromatic carbocycles. The standard InChI is InChI=1S/C26H29N3O8/c1-4-16(19-10-9-14(3)37-19)27-20-21(24(32)23(20)31)28-17-8-6-7-15(22(17)30)25(33)29-11-12-35-13-18(29)26(34)36-5-2/h6-10,16,18,27-28,30H,4-5,11-13H2,1-3H3/t16-,18?/m1/s1. The number of hydrogen-bond acceptors (Lipinski definition) is 10. The van der Waals surface area contributed by atoms with Gasteiger partial charge >= 0.3 is 5.97 Å². The summed E-state index contributed by atoms with van der Waals surface area (Å²) in [4.78, 5) is 51.7. The first-order valence-electron chi connectivity index (χ1n) is 12.1. The van der Waals surface area contributed by atoms with Crippen LogP contribution in [0.2, 0.25) is 0 Å². The first kappa shape index (κ1) is 26.0. The van der Waals surface area contributed by atoms with Crippen molar-refractivity contribution in [2.45, 2.75) is 39.3 Å². The molecule has 1 unspecified atom stereocenters. The molecular formula is C26H29N3O8. The summed E-state index contributed by atoms with van der Waals surface area (Å²) < 4.78 is 16.1. The number of carbonyl (C=O) groups excluding carboxylic acids is 2. The van der Waals surface area contributed by atoms with Gasteiger partial charge < -0.3 is 34.5 Å². The summed E-state index contributed by atoms with van der Waals surface area (Å²) in [5.41, 5.74) is -1.42. The number of phenols is 1. The van der Waals surface area contributed by atoms with Crippen LogP contribution < -0.4 is 21.5 Å². The number of rotatable bonds is 9. The van der Waals surface area contributed by atoms with E-state index >= 15 is 0 Å². The average Bonchev–Trinajstić information content (AvgIpc) is 3.34. The molecule has 11 nitrogen and oxygen atoms in total. The Morgan fingerprint density at radius 2 is 1.92 bits per heavy atom. The second-order valence-corrected chi connectivity index (χ2v) is 8.63. The number of morpholine rings is 1. The van der Waals surface area contributed by atoms with E-state index in [0.29, 0.717) is 12.2 Å². The summed E-state index contributed by atoms with van der Waals surface area (Å²) >= 11 is 0. The van der Waals surface area contributed by atoms with Gasteiger partial charge in [-0.2, -0.15) is 0 Å². The molecule has 11 heteroatoms. The van der Waals surface area contributed by atoms with E-state index in [0.717, 1.165) is 5.76 Å². The van der Waals surface area contributed by atoms with Gasteiger partial charge in [0.1, 0.15) is 22.9 Å². The number of anilines is 3. The largest absolute Gasteiger partial charge is 0.505 e. The van der Waals surface area contributed by atoms with E-state index in [2.05, 4.69) is 10.6 Å². The summed E-state index contributed by atoms with van der Waals surface area (Å²) in [5, 5.41) is 16.8. The average molecular weight is 512 g/mol. The van der Waals surface area contributed by atoms with Crippen molar-refractivity contribution in [2.75, 3.05) is 37.0 Å². The van der Waals surface area contributed by atoms with E-state index in [1.807, 2.05) is 19.9 Å². The maximum absolute atomic E-state index is 13.3. The molecule has 0 spiro atoms. The van der Waals surface area contributed by atoms with E-state index < -0.39 is 34.5 Å². The van der Waals surface area contributed by atoms with Gasteiger partial charge in [0.2, 0.25) is 0 Å². The number of nitrogens with one attached hydrogen (secondary N) is 2. The molecular weight excluding hydrogens is 482 g/mol. The summed E-state index contributed by atoms with van der Waals surface area (Å²) in [6.07, 6.45) is 0.585. The predicted octanol–water partition coefficient (Wildman–Crippen LogP) is 2.60. The Labute approximate surface area is 212 Å². The van der Waals surface area contributed by atoms with E-state index in [9.17, 15) is 24.3 Å². The minimum atomic E-state index is -0.947. The highest BCUT2D eigenvalue weighted by Crippen LogP contribution is 2.34. The highest BCUT2D eigenvalue weighted by molar-refractivity contribution is 6.01. The van der Waals surface area contributed by atoms with Crippen LogP contribution in [-0.2, 0) is 14.3 Å². The number of nitrogens with zero attached hydrogens (tertiary/aromatic N) is 1. The summed E-state index contributed by atoms with van der Waals surface area (Å²) in [6, 6.07) is 6.72. The van der Waals surface area contributed by atoms with Crippen molar-refractivity contribution in [1.82, 2.24) is 4.90 Å². The molecule has 1 fully saturated rings. The highest BCUT2D eigenvalue weighted by atomic mass is 16.5. The van der Waals surface area contributed by atoms with E-state index in [1.54, 1.807) is 13.0 Å². The van der Waals surface area contributed by atoms with Crippen molar-refractivity contribution in [2.24, 2.45) is 0 Å². The molecule has 37 heavy (non-hydrogen) atoms. The van der Waals surface area contributed by atoms with Crippen molar-refractivity contribution in [3.8, 4) is 5.75 Å². The number of esters is 1. The third-order valence-corrected chi connectivity index (χ3v) is 6.22. The molecule has 1 aliphatic rings. The first-order chi connectivity index (χ1) is 17.8. The number of furan rings is 1. The summed E-state index contributed by atoms with van der Waals surface area (Å²) in [7, 11) is 0. The zero-order valence-corrected chi connectivity index (χ0v) is 20.8. The molecule has 3 N–H and O–H groups in total. The number of phenolic OH excluding ortho intramolecular Hbond substituents is 1. The Morgan fingerprint density at radius 1 is 1.16 bits per heavy atom. The van der Waals surface area contributed by atoms with Crippen molar-refractivity contribution in [3.05, 3.63) is 67.9 Å². The van der Waals surface area contributed by atoms with Gasteiger partial charge in [-0.05, 0) is 44.5 Å². The third kappa shape index (κ3) is 5.08. The fraction of sp³-hybridized carbons (Fsp3) is 0.385. The van der Waals surface area contributed by atoms with Crippen LogP contribution in [0.5, 0.6) is 5.75 Å². The minimum Gasteiger partial charge on any atom is -0.505 e. The van der Waals surface area contributed by atoms with Crippen LogP contribution in [0.15, 0.2) is 44.3 Å². The second kappa shape index (κ2) is 10.9. The van der Waals surface area contributed by atoms with Crippen molar-refractivity contribution >= 4 is 28.9 Å². The van der Waals surface area contributed by atoms with Crippen LogP contribution in [-0.4, -0.2) is 54.3 Å². The third-order valence-electron chi connectivity index (χ3n) is 6.22. The van der Waals surface area contributed by atoms with Gasteiger partial charge in [0.05, 0.1) is 37.1 Å². The number of aromatic hydroxyl groups is 1. The van der Waals surface area contributed by atoms with Crippen molar-refractivity contribution < 1.29 is 28.6 Å². The normalized spacial score (nSPS) is 16.4. The number of para-hydroxylation sites is 1. The maximum atomic E-state index is 13.3. The Balaban J connectivity index is 1.58. The molecule has 1 saturated heterocycles. The zero-order chi connectivity index (χ0) is 26.7. The lowest BCUT2D eigenvalue weighted by molar-refractivity contribution is -0.153. The number of ether oxygens (including phenoxy) is 2. The number of hydrogen-bond donors (Lipinski definition) is 3. The van der Waals surface area contributed by atoms with Crippen molar-refractivity contribution in [3.63, 3.8) is 0 Å². The van der Waals surface area contributed by atoms with Crippen LogP contribution in [0.1, 0.15) is 48.2 Å². The van der Waals surface area contributed by atoms with Crippen LogP contribution in [0, 0.1) is 6.92 Å². The summed E-state index contributed by atoms with van der Waals surface area (Å²) in [6.45, 7) is 5.88. The van der Waals surface area contributed by atoms with E-state index in [1.165, 1.54) is 23.1 Å². The topological polar surface area (TPSA) is 147 Å². The predicted molar refractivity (Wildman–Crippen MR) is 135 cm³/mol. The molecule has 1 amide bonds. The van der Waals surface area contributed by atoms with Gasteiger partial charge in [-0.25, -0.2) is 4.79 Å². The Morgan fingerprint density at radius 3 is 2.59 bits per heavy atom. The second-order valence-electron chi connectivity index (χ2n) is 8.63. The van der Waals surface area contributed by atoms with Crippen molar-refractivity contribution in [1.29, 1.82) is 0 Å². The SMILES string of the molecule is CCOC(=O)C1COCCN1C(=O)c1cccc(Nc2c(N[C@H](CC)c3ccc(C)o3)c(=O)c2=O)c1O. The van der Waals surface area contributed by atoms with Gasteiger partial charge in [0.15, 0.2) is 11.8 Å². The molecule has 3 aromatic rings. The summed E-state index contributed by atoms with van der Waals surface area (Å²) in [5.74, 6) is -0.271. The van der Waals surface area contributed by atoms with Gasteiger partial charge in [-0.15, -0.1) is 0 Å². The quantitative estimate of drug-likeness (QED) is 0.222. The fourth-order valence-corrected chi connectivity index (χ4v) is 4.22. The molecule has 0 aliphatic carbocycles. The Bertz CT molecular complexity index is 1370. The molecule has 0 saturated carbocycles. The number of carbonyl (C=O) groups is 2. The van der Waals surface area contributed by atoms with Crippen LogP contribution >= 0.6 is 0 Å². The van der Waals surface area contributed by atoms with E-state index in [-0.39, 0.29) is 55.0 Å². The lowest BCUT2D eigenvalue weighted by Gasteiger charge is -2.34. The van der Waals surface area contributed by atoms with Gasteiger partial charge in [-0.1, -0.05) is 13.0 Å². The maximum Gasteiger partial charge on any atom is 0.331 e. The minimum absolute atomic E-state index is 0.0183. The lowest BCUT2D eigenvalue weighted by atomic mass is 10.1. The monoisotopic (exact) mass is 511 g/mol. The fourth-order valence-electron chi connectivity index (χ4n) is 4.22. The van der Waals surface area contributed by atoms with E-state index in [4.69, 9.17) is 13.9 Å². The van der Waals surface area contributed by atoms with Gasteiger partial charge in [-0.3, -0.25) is 14.4 Å². The number of aryl methyl sites for hydroxylation is 1. The molecule has 4 rings (SSSR count).